The fraction of sp³-hybridized carbons (Fsp3) is 0.407. The Bertz CT molecular complexity index is 1180. The number of hydrogen-bond donors (Lipinski definition) is 3. The number of nitrogens with zero attached hydrogens (tertiary/aromatic N) is 1. The van der Waals surface area contributed by atoms with Crippen molar-refractivity contribution in [2.45, 2.75) is 39.0 Å². The molecular formula is C27H31FN4O2. The summed E-state index contributed by atoms with van der Waals surface area (Å²) < 4.78 is 21.1. The van der Waals surface area contributed by atoms with Gasteiger partial charge in [0.25, 0.3) is 0 Å². The van der Waals surface area contributed by atoms with Gasteiger partial charge >= 0.3 is 0 Å². The van der Waals surface area contributed by atoms with Crippen molar-refractivity contribution in [1.82, 2.24) is 15.5 Å². The van der Waals surface area contributed by atoms with Crippen molar-refractivity contribution in [3.05, 3.63) is 64.6 Å². The molecule has 0 saturated carbocycles. The summed E-state index contributed by atoms with van der Waals surface area (Å²) in [6.45, 7) is 3.85. The average Bonchev–Trinajstić information content (AvgIpc) is 3.23. The molecule has 5 rings (SSSR count). The Morgan fingerprint density at radius 3 is 2.62 bits per heavy atom. The first kappa shape index (κ1) is 22.6. The maximum Gasteiger partial charge on any atom is 0.227 e. The Morgan fingerprint density at radius 2 is 1.88 bits per heavy atom. The highest BCUT2D eigenvalue weighted by Gasteiger charge is 2.29. The molecule has 0 bridgehead atoms. The van der Waals surface area contributed by atoms with Gasteiger partial charge in [-0.25, -0.2) is 4.39 Å². The van der Waals surface area contributed by atoms with Crippen LogP contribution in [-0.2, 0) is 24.1 Å². The minimum absolute atomic E-state index is 0.0622. The van der Waals surface area contributed by atoms with Crippen LogP contribution >= 0.6 is 0 Å². The normalized spacial score (nSPS) is 18.4. The van der Waals surface area contributed by atoms with Gasteiger partial charge in [0.05, 0.1) is 12.8 Å². The van der Waals surface area contributed by atoms with E-state index in [1.807, 2.05) is 25.1 Å². The Morgan fingerprint density at radius 1 is 1.12 bits per heavy atom. The van der Waals surface area contributed by atoms with E-state index in [0.29, 0.717) is 41.3 Å². The van der Waals surface area contributed by atoms with E-state index in [9.17, 15) is 4.79 Å². The van der Waals surface area contributed by atoms with Crippen LogP contribution in [0.4, 0.5) is 10.1 Å². The number of H-pyrrole nitrogens is 1. The number of carbonyl (C=O) groups is 1. The fourth-order valence-corrected chi connectivity index (χ4v) is 5.09. The highest BCUT2D eigenvalue weighted by molar-refractivity contribution is 5.96. The maximum atomic E-state index is 15.8. The highest BCUT2D eigenvalue weighted by Crippen LogP contribution is 2.37. The van der Waals surface area contributed by atoms with Crippen LogP contribution in [0.3, 0.4) is 0 Å². The Kier molecular flexibility index (Phi) is 6.37. The lowest BCUT2D eigenvalue weighted by atomic mass is 9.87. The lowest BCUT2D eigenvalue weighted by molar-refractivity contribution is -0.119. The lowest BCUT2D eigenvalue weighted by Gasteiger charge is -2.24. The molecule has 0 radical (unpaired) electrons. The van der Waals surface area contributed by atoms with Gasteiger partial charge in [-0.2, -0.15) is 5.10 Å². The molecule has 1 unspecified atom stereocenters. The summed E-state index contributed by atoms with van der Waals surface area (Å²) >= 11 is 0. The van der Waals surface area contributed by atoms with Crippen molar-refractivity contribution in [3.63, 3.8) is 0 Å². The van der Waals surface area contributed by atoms with Crippen LogP contribution in [0.2, 0.25) is 0 Å². The summed E-state index contributed by atoms with van der Waals surface area (Å²) in [5.41, 5.74) is 5.59. The first-order chi connectivity index (χ1) is 16.5. The summed E-state index contributed by atoms with van der Waals surface area (Å²) in [4.78, 5) is 12.1. The average molecular weight is 463 g/mol. The van der Waals surface area contributed by atoms with Gasteiger partial charge in [0.2, 0.25) is 5.91 Å². The molecule has 3 heterocycles. The molecule has 1 amide bonds. The number of rotatable bonds is 6. The van der Waals surface area contributed by atoms with E-state index < -0.39 is 0 Å². The molecule has 1 saturated heterocycles. The SMILES string of the molecule is COc1ccc(Cc2[nH]nc(-c3ccc4c(c3F)CC(C)C(=O)N4)c2CC2CCNCC2)cc1. The minimum atomic E-state index is -0.279. The second kappa shape index (κ2) is 9.58. The third-order valence-electron chi connectivity index (χ3n) is 7.16. The summed E-state index contributed by atoms with van der Waals surface area (Å²) in [7, 11) is 1.66. The molecule has 2 aliphatic heterocycles. The number of fused-ring (bicyclic) bond motifs is 1. The highest BCUT2D eigenvalue weighted by atomic mass is 19.1. The monoisotopic (exact) mass is 462 g/mol. The number of aromatic nitrogens is 2. The standard InChI is InChI=1S/C27H31FN4O2/c1-16-13-21-23(30-27(16)33)8-7-20(25(21)28)26-22(14-18-9-11-29-12-10-18)24(31-32-26)15-17-3-5-19(34-2)6-4-17/h3-8,16,18,29H,9-15H2,1-2H3,(H,30,33)(H,31,32). The van der Waals surface area contributed by atoms with Crippen molar-refractivity contribution in [3.8, 4) is 17.0 Å². The lowest BCUT2D eigenvalue weighted by Crippen LogP contribution is -2.29. The van der Waals surface area contributed by atoms with Crippen LogP contribution in [0.5, 0.6) is 5.75 Å². The molecule has 2 aliphatic rings. The number of aromatic amines is 1. The van der Waals surface area contributed by atoms with Crippen LogP contribution in [0.15, 0.2) is 36.4 Å². The summed E-state index contributed by atoms with van der Waals surface area (Å²) in [5, 5.41) is 14.1. The molecule has 3 aromatic rings. The van der Waals surface area contributed by atoms with E-state index in [1.54, 1.807) is 13.2 Å². The van der Waals surface area contributed by atoms with E-state index in [-0.39, 0.29) is 17.6 Å². The molecular weight excluding hydrogens is 431 g/mol. The van der Waals surface area contributed by atoms with Gasteiger partial charge in [-0.05, 0) is 74.5 Å². The number of amides is 1. The van der Waals surface area contributed by atoms with Crippen molar-refractivity contribution in [2.75, 3.05) is 25.5 Å². The minimum Gasteiger partial charge on any atom is -0.497 e. The van der Waals surface area contributed by atoms with Crippen LogP contribution in [0.25, 0.3) is 11.3 Å². The molecule has 7 heteroatoms. The number of benzene rings is 2. The van der Waals surface area contributed by atoms with Gasteiger partial charge < -0.3 is 15.4 Å². The zero-order valence-corrected chi connectivity index (χ0v) is 19.7. The van der Waals surface area contributed by atoms with E-state index in [4.69, 9.17) is 4.74 Å². The van der Waals surface area contributed by atoms with Crippen LogP contribution < -0.4 is 15.4 Å². The van der Waals surface area contributed by atoms with Crippen molar-refractivity contribution in [1.29, 1.82) is 0 Å². The smallest absolute Gasteiger partial charge is 0.227 e. The zero-order valence-electron chi connectivity index (χ0n) is 19.7. The molecule has 2 aromatic carbocycles. The van der Waals surface area contributed by atoms with Crippen molar-refractivity contribution in [2.24, 2.45) is 11.8 Å². The summed E-state index contributed by atoms with van der Waals surface area (Å²) in [5.74, 6) is 0.760. The second-order valence-corrected chi connectivity index (χ2v) is 9.50. The number of carbonyl (C=O) groups excluding carboxylic acids is 1. The van der Waals surface area contributed by atoms with Gasteiger partial charge in [-0.3, -0.25) is 9.89 Å². The Hall–Kier alpha value is -3.19. The van der Waals surface area contributed by atoms with Crippen molar-refractivity contribution >= 4 is 11.6 Å². The second-order valence-electron chi connectivity index (χ2n) is 9.50. The number of anilines is 1. The third-order valence-corrected chi connectivity index (χ3v) is 7.16. The number of nitrogens with one attached hydrogen (secondary N) is 3. The number of ether oxygens (including phenoxy) is 1. The summed E-state index contributed by atoms with van der Waals surface area (Å²) in [6, 6.07) is 11.6. The molecule has 0 aliphatic carbocycles. The van der Waals surface area contributed by atoms with E-state index in [1.165, 1.54) is 0 Å². The van der Waals surface area contributed by atoms with Crippen LogP contribution in [0.1, 0.15) is 42.1 Å². The predicted molar refractivity (Wildman–Crippen MR) is 131 cm³/mol. The largest absolute Gasteiger partial charge is 0.497 e. The predicted octanol–water partition coefficient (Wildman–Crippen LogP) is 4.49. The Balaban J connectivity index is 1.52. The first-order valence-corrected chi connectivity index (χ1v) is 12.1. The van der Waals surface area contributed by atoms with E-state index in [0.717, 1.165) is 54.9 Å². The number of halogens is 1. The fourth-order valence-electron chi connectivity index (χ4n) is 5.09. The molecule has 6 nitrogen and oxygen atoms in total. The summed E-state index contributed by atoms with van der Waals surface area (Å²) in [6.07, 6.45) is 4.15. The van der Waals surface area contributed by atoms with Gasteiger partial charge in [-0.15, -0.1) is 0 Å². The Labute approximate surface area is 199 Å². The quantitative estimate of drug-likeness (QED) is 0.504. The van der Waals surface area contributed by atoms with E-state index >= 15 is 4.39 Å². The van der Waals surface area contributed by atoms with Crippen LogP contribution in [0, 0.1) is 17.7 Å². The number of hydrogen-bond acceptors (Lipinski definition) is 4. The van der Waals surface area contributed by atoms with Gasteiger partial charge in [0.1, 0.15) is 11.6 Å². The van der Waals surface area contributed by atoms with Gasteiger partial charge in [0.15, 0.2) is 0 Å². The number of methoxy groups -OCH3 is 1. The molecule has 1 aromatic heterocycles. The molecule has 3 N–H and O–H groups in total. The molecule has 1 fully saturated rings. The van der Waals surface area contributed by atoms with Crippen molar-refractivity contribution < 1.29 is 13.9 Å². The van der Waals surface area contributed by atoms with Gasteiger partial charge in [-0.1, -0.05) is 19.1 Å². The molecule has 0 spiro atoms. The van der Waals surface area contributed by atoms with Gasteiger partial charge in [0, 0.05) is 40.4 Å². The topological polar surface area (TPSA) is 79.0 Å². The zero-order chi connectivity index (χ0) is 23.7. The third kappa shape index (κ3) is 4.44. The maximum absolute atomic E-state index is 15.8. The molecule has 178 valence electrons. The first-order valence-electron chi connectivity index (χ1n) is 12.1. The molecule has 34 heavy (non-hydrogen) atoms. The van der Waals surface area contributed by atoms with E-state index in [2.05, 4.69) is 33.0 Å². The molecule has 1 atom stereocenters. The van der Waals surface area contributed by atoms with Crippen LogP contribution in [-0.4, -0.2) is 36.3 Å². The number of piperidine rings is 1.